The zero-order chi connectivity index (χ0) is 16.7. The van der Waals surface area contributed by atoms with E-state index in [4.69, 9.17) is 9.15 Å². The summed E-state index contributed by atoms with van der Waals surface area (Å²) in [6.45, 7) is -1.05. The van der Waals surface area contributed by atoms with Crippen LogP contribution in [0.5, 0.6) is 5.75 Å². The summed E-state index contributed by atoms with van der Waals surface area (Å²) < 4.78 is 38.8. The molecule has 5 nitrogen and oxygen atoms in total. The number of hydrogen-bond acceptors (Lipinski definition) is 4. The first kappa shape index (κ1) is 14.6. The number of nitrogens with zero attached hydrogens (tertiary/aromatic N) is 3. The molecule has 4 aromatic rings. The maximum Gasteiger partial charge on any atom is 0.320 e. The second-order valence-electron chi connectivity index (χ2n) is 5.29. The minimum atomic E-state index is -2.69. The number of alkyl halides is 2. The molecule has 0 unspecified atom stereocenters. The predicted octanol–water partition coefficient (Wildman–Crippen LogP) is 4.46. The van der Waals surface area contributed by atoms with Gasteiger partial charge in [0.05, 0.1) is 11.0 Å². The van der Waals surface area contributed by atoms with E-state index in [1.807, 2.05) is 0 Å². The van der Waals surface area contributed by atoms with E-state index in [9.17, 15) is 8.78 Å². The molecule has 0 radical (unpaired) electrons. The Morgan fingerprint density at radius 1 is 1.12 bits per heavy atom. The molecule has 0 bridgehead atoms. The predicted molar refractivity (Wildman–Crippen MR) is 84.1 cm³/mol. The summed E-state index contributed by atoms with van der Waals surface area (Å²) >= 11 is 0. The number of hydrogen-bond donors (Lipinski definition) is 0. The third-order valence-electron chi connectivity index (χ3n) is 3.71. The van der Waals surface area contributed by atoms with Crippen molar-refractivity contribution in [2.45, 2.75) is 20.1 Å². The molecule has 0 amide bonds. The van der Waals surface area contributed by atoms with Gasteiger partial charge >= 0.3 is 6.55 Å². The molecule has 7 heteroatoms. The highest BCUT2D eigenvalue weighted by Gasteiger charge is 2.18. The molecule has 122 valence electrons. The van der Waals surface area contributed by atoms with Crippen LogP contribution in [-0.4, -0.2) is 14.5 Å². The number of rotatable bonds is 4. The molecule has 0 spiro atoms. The molecular weight excluding hydrogens is 316 g/mol. The van der Waals surface area contributed by atoms with Gasteiger partial charge < -0.3 is 9.15 Å². The van der Waals surface area contributed by atoms with E-state index in [0.717, 1.165) is 4.57 Å². The van der Waals surface area contributed by atoms with E-state index in [-0.39, 0.29) is 12.4 Å². The number of imidazole rings is 1. The van der Waals surface area contributed by atoms with Gasteiger partial charge in [-0.05, 0) is 24.3 Å². The molecule has 4 rings (SSSR count). The van der Waals surface area contributed by atoms with Gasteiger partial charge in [0.25, 0.3) is 0 Å². The Morgan fingerprint density at radius 3 is 2.79 bits per heavy atom. The van der Waals surface area contributed by atoms with Crippen molar-refractivity contribution in [3.05, 3.63) is 54.2 Å². The summed E-state index contributed by atoms with van der Waals surface area (Å²) in [7, 11) is 0. The van der Waals surface area contributed by atoms with Crippen molar-refractivity contribution in [3.63, 3.8) is 0 Å². The average Bonchev–Trinajstić information content (AvgIpc) is 3.12. The molecule has 0 fully saturated rings. The molecule has 2 aromatic heterocycles. The Kier molecular flexibility index (Phi) is 3.41. The van der Waals surface area contributed by atoms with Crippen LogP contribution < -0.4 is 4.74 Å². The molecule has 0 atom stereocenters. The van der Waals surface area contributed by atoms with Gasteiger partial charge in [-0.2, -0.15) is 8.78 Å². The quantitative estimate of drug-likeness (QED) is 0.555. The largest absolute Gasteiger partial charge is 0.483 e. The van der Waals surface area contributed by atoms with Crippen LogP contribution in [0.4, 0.5) is 8.78 Å². The van der Waals surface area contributed by atoms with Gasteiger partial charge in [0.15, 0.2) is 22.8 Å². The van der Waals surface area contributed by atoms with Crippen LogP contribution >= 0.6 is 0 Å². The van der Waals surface area contributed by atoms with E-state index in [1.165, 1.54) is 0 Å². The van der Waals surface area contributed by atoms with Gasteiger partial charge in [0.2, 0.25) is 0 Å². The van der Waals surface area contributed by atoms with Gasteiger partial charge in [0.1, 0.15) is 12.4 Å². The summed E-state index contributed by atoms with van der Waals surface area (Å²) in [4.78, 5) is 8.51. The van der Waals surface area contributed by atoms with Crippen LogP contribution in [0.1, 0.15) is 18.3 Å². The zero-order valence-corrected chi connectivity index (χ0v) is 12.7. The maximum absolute atomic E-state index is 13.4. The molecule has 0 saturated heterocycles. The number of ether oxygens (including phenoxy) is 1. The number of oxazole rings is 1. The smallest absolute Gasteiger partial charge is 0.320 e. The van der Waals surface area contributed by atoms with Crippen molar-refractivity contribution in [1.82, 2.24) is 14.5 Å². The van der Waals surface area contributed by atoms with Crippen LogP contribution in [0.3, 0.4) is 0 Å². The van der Waals surface area contributed by atoms with E-state index in [1.54, 1.807) is 49.4 Å². The number of aromatic nitrogens is 3. The molecule has 0 saturated carbocycles. The fourth-order valence-corrected chi connectivity index (χ4v) is 2.71. The number of para-hydroxylation sites is 3. The summed E-state index contributed by atoms with van der Waals surface area (Å²) in [6, 6.07) is 12.0. The first-order valence-corrected chi connectivity index (χ1v) is 7.36. The standard InChI is InChI=1S/C17H13F2N3O2/c1-10-20-16-13(7-4-8-14(16)24-10)23-9-15-21-11-5-2-3-6-12(11)22(15)17(18)19/h2-8,17H,9H2,1H3. The van der Waals surface area contributed by atoms with Gasteiger partial charge in [-0.3, -0.25) is 4.57 Å². The Hall–Kier alpha value is -2.96. The Labute approximate surface area is 135 Å². The molecular formula is C17H13F2N3O2. The van der Waals surface area contributed by atoms with E-state index < -0.39 is 6.55 Å². The highest BCUT2D eigenvalue weighted by atomic mass is 19.3. The summed E-state index contributed by atoms with van der Waals surface area (Å²) in [6.07, 6.45) is 0. The van der Waals surface area contributed by atoms with Crippen molar-refractivity contribution < 1.29 is 17.9 Å². The van der Waals surface area contributed by atoms with E-state index in [2.05, 4.69) is 9.97 Å². The summed E-state index contributed by atoms with van der Waals surface area (Å²) in [5.74, 6) is 1.14. The minimum absolute atomic E-state index is 0.0932. The minimum Gasteiger partial charge on any atom is -0.483 e. The number of benzene rings is 2. The monoisotopic (exact) mass is 329 g/mol. The van der Waals surface area contributed by atoms with Crippen molar-refractivity contribution in [3.8, 4) is 5.75 Å². The van der Waals surface area contributed by atoms with Crippen molar-refractivity contribution in [2.24, 2.45) is 0 Å². The molecule has 0 aliphatic heterocycles. The normalized spacial score (nSPS) is 11.7. The van der Waals surface area contributed by atoms with E-state index >= 15 is 0 Å². The second kappa shape index (κ2) is 5.59. The molecule has 0 aliphatic carbocycles. The number of aryl methyl sites for hydroxylation is 1. The van der Waals surface area contributed by atoms with E-state index in [0.29, 0.717) is 33.8 Å². The van der Waals surface area contributed by atoms with Gasteiger partial charge in [0, 0.05) is 6.92 Å². The maximum atomic E-state index is 13.4. The van der Waals surface area contributed by atoms with Crippen molar-refractivity contribution in [2.75, 3.05) is 0 Å². The third-order valence-corrected chi connectivity index (χ3v) is 3.71. The summed E-state index contributed by atoms with van der Waals surface area (Å²) in [5, 5.41) is 0. The molecule has 0 N–H and O–H groups in total. The van der Waals surface area contributed by atoms with Gasteiger partial charge in [-0.1, -0.05) is 18.2 Å². The first-order chi connectivity index (χ1) is 11.6. The molecule has 0 aliphatic rings. The SMILES string of the molecule is Cc1nc2c(OCc3nc4ccccc4n3C(F)F)cccc2o1. The van der Waals surface area contributed by atoms with Crippen LogP contribution in [0.25, 0.3) is 22.1 Å². The fraction of sp³-hybridized carbons (Fsp3) is 0.176. The van der Waals surface area contributed by atoms with Crippen molar-refractivity contribution in [1.29, 1.82) is 0 Å². The lowest BCUT2D eigenvalue weighted by molar-refractivity contribution is 0.0677. The highest BCUT2D eigenvalue weighted by molar-refractivity contribution is 5.79. The zero-order valence-electron chi connectivity index (χ0n) is 12.7. The lowest BCUT2D eigenvalue weighted by atomic mass is 10.3. The molecule has 24 heavy (non-hydrogen) atoms. The average molecular weight is 329 g/mol. The molecule has 2 aromatic carbocycles. The topological polar surface area (TPSA) is 53.1 Å². The number of halogens is 2. The highest BCUT2D eigenvalue weighted by Crippen LogP contribution is 2.28. The Balaban J connectivity index is 1.70. The van der Waals surface area contributed by atoms with Crippen LogP contribution in [0, 0.1) is 6.92 Å². The van der Waals surface area contributed by atoms with Crippen LogP contribution in [0.15, 0.2) is 46.9 Å². The second-order valence-corrected chi connectivity index (χ2v) is 5.29. The van der Waals surface area contributed by atoms with Crippen LogP contribution in [-0.2, 0) is 6.61 Å². The first-order valence-electron chi connectivity index (χ1n) is 7.36. The van der Waals surface area contributed by atoms with Crippen LogP contribution in [0.2, 0.25) is 0 Å². The lowest BCUT2D eigenvalue weighted by Gasteiger charge is -2.09. The van der Waals surface area contributed by atoms with Gasteiger partial charge in [-0.25, -0.2) is 9.97 Å². The molecule has 2 heterocycles. The van der Waals surface area contributed by atoms with Gasteiger partial charge in [-0.15, -0.1) is 0 Å². The lowest BCUT2D eigenvalue weighted by Crippen LogP contribution is -2.08. The third kappa shape index (κ3) is 2.38. The fourth-order valence-electron chi connectivity index (χ4n) is 2.71. The Morgan fingerprint density at radius 2 is 1.96 bits per heavy atom. The Bertz CT molecular complexity index is 1020. The van der Waals surface area contributed by atoms with Crippen molar-refractivity contribution >= 4 is 22.1 Å². The summed E-state index contributed by atoms with van der Waals surface area (Å²) in [5.41, 5.74) is 2.04. The number of fused-ring (bicyclic) bond motifs is 2.